The SMILES string of the molecule is CN1CCC(Oc2ccc(N)nc2)CC1.CN1CCC(Oc2ccc([N+](=O)[O-])nc2)CC1. The topological polar surface area (TPSA) is 120 Å². The molecular formula is C22H32N6O4. The number of likely N-dealkylation sites (tertiary alicyclic amines) is 2. The van der Waals surface area contributed by atoms with Gasteiger partial charge < -0.3 is 35.1 Å². The van der Waals surface area contributed by atoms with Crippen LogP contribution in [0.3, 0.4) is 0 Å². The maximum Gasteiger partial charge on any atom is 0.363 e. The lowest BCUT2D eigenvalue weighted by molar-refractivity contribution is -0.389. The van der Waals surface area contributed by atoms with E-state index in [-0.39, 0.29) is 11.9 Å². The lowest BCUT2D eigenvalue weighted by Gasteiger charge is -2.29. The van der Waals surface area contributed by atoms with E-state index < -0.39 is 4.92 Å². The minimum absolute atomic E-state index is 0.152. The van der Waals surface area contributed by atoms with E-state index in [2.05, 4.69) is 33.9 Å². The third-order valence-electron chi connectivity index (χ3n) is 5.60. The first kappa shape index (κ1) is 23.7. The van der Waals surface area contributed by atoms with E-state index in [0.29, 0.717) is 17.7 Å². The highest BCUT2D eigenvalue weighted by Crippen LogP contribution is 2.20. The Labute approximate surface area is 188 Å². The summed E-state index contributed by atoms with van der Waals surface area (Å²) in [5.41, 5.74) is 5.50. The molecule has 2 fully saturated rings. The molecule has 2 aliphatic rings. The summed E-state index contributed by atoms with van der Waals surface area (Å²) in [6.07, 6.45) is 7.74. The van der Waals surface area contributed by atoms with E-state index in [1.807, 2.05) is 6.07 Å². The maximum atomic E-state index is 10.4. The van der Waals surface area contributed by atoms with Crippen LogP contribution in [0.5, 0.6) is 11.5 Å². The van der Waals surface area contributed by atoms with Crippen molar-refractivity contribution in [3.63, 3.8) is 0 Å². The van der Waals surface area contributed by atoms with Gasteiger partial charge in [-0.3, -0.25) is 0 Å². The zero-order valence-electron chi connectivity index (χ0n) is 18.7. The molecule has 4 heterocycles. The van der Waals surface area contributed by atoms with Gasteiger partial charge in [-0.25, -0.2) is 4.98 Å². The summed E-state index contributed by atoms with van der Waals surface area (Å²) < 4.78 is 11.5. The molecule has 0 saturated carbocycles. The molecule has 0 spiro atoms. The van der Waals surface area contributed by atoms with E-state index >= 15 is 0 Å². The van der Waals surface area contributed by atoms with Crippen LogP contribution >= 0.6 is 0 Å². The highest BCUT2D eigenvalue weighted by atomic mass is 16.6. The molecule has 2 aromatic heterocycles. The summed E-state index contributed by atoms with van der Waals surface area (Å²) in [5, 5.41) is 10.4. The van der Waals surface area contributed by atoms with Crippen molar-refractivity contribution in [1.82, 2.24) is 19.8 Å². The van der Waals surface area contributed by atoms with E-state index in [1.54, 1.807) is 18.3 Å². The average molecular weight is 445 g/mol. The van der Waals surface area contributed by atoms with Crippen LogP contribution in [0.15, 0.2) is 36.7 Å². The molecule has 10 heteroatoms. The van der Waals surface area contributed by atoms with Crippen LogP contribution < -0.4 is 15.2 Å². The van der Waals surface area contributed by atoms with Gasteiger partial charge in [-0.05, 0) is 67.9 Å². The van der Waals surface area contributed by atoms with Crippen LogP contribution in [0, 0.1) is 10.1 Å². The van der Waals surface area contributed by atoms with Crippen LogP contribution in [0.4, 0.5) is 11.6 Å². The monoisotopic (exact) mass is 444 g/mol. The highest BCUT2D eigenvalue weighted by Gasteiger charge is 2.19. The first-order valence-electron chi connectivity index (χ1n) is 10.9. The Morgan fingerprint density at radius 3 is 1.72 bits per heavy atom. The molecule has 0 bridgehead atoms. The van der Waals surface area contributed by atoms with Crippen LogP contribution in [-0.2, 0) is 0 Å². The summed E-state index contributed by atoms with van der Waals surface area (Å²) >= 11 is 0. The number of aromatic nitrogens is 2. The van der Waals surface area contributed by atoms with Gasteiger partial charge in [0.05, 0.1) is 6.20 Å². The fourth-order valence-electron chi connectivity index (χ4n) is 3.60. The van der Waals surface area contributed by atoms with Crippen molar-refractivity contribution in [2.45, 2.75) is 37.9 Å². The van der Waals surface area contributed by atoms with Crippen LogP contribution in [0.2, 0.25) is 0 Å². The number of nitrogens with two attached hydrogens (primary N) is 1. The number of pyridine rings is 2. The number of hydrogen-bond acceptors (Lipinski definition) is 9. The van der Waals surface area contributed by atoms with Gasteiger partial charge in [0.1, 0.15) is 23.8 Å². The van der Waals surface area contributed by atoms with E-state index in [1.165, 1.54) is 12.3 Å². The molecule has 32 heavy (non-hydrogen) atoms. The summed E-state index contributed by atoms with van der Waals surface area (Å²) in [6, 6.07) is 6.61. The number of piperidine rings is 2. The average Bonchev–Trinajstić information content (AvgIpc) is 2.79. The van der Waals surface area contributed by atoms with E-state index in [9.17, 15) is 10.1 Å². The molecule has 2 N–H and O–H groups in total. The third kappa shape index (κ3) is 7.61. The molecule has 10 nitrogen and oxygen atoms in total. The Morgan fingerprint density at radius 2 is 1.34 bits per heavy atom. The second-order valence-electron chi connectivity index (χ2n) is 8.27. The van der Waals surface area contributed by atoms with Crippen molar-refractivity contribution in [2.24, 2.45) is 0 Å². The number of nitro groups is 1. The van der Waals surface area contributed by atoms with Gasteiger partial charge in [-0.1, -0.05) is 0 Å². The largest absolute Gasteiger partial charge is 0.489 e. The standard InChI is InChI=1S/C11H15N3O3.C11H17N3O/c1-13-6-4-9(5-7-13)17-10-2-3-11(12-8-10)14(15)16;1-14-6-4-9(5-7-14)15-10-2-3-11(12)13-8-10/h2-3,8-9H,4-7H2,1H3;2-3,8-9H,4-7H2,1H3,(H2,12,13). The zero-order valence-corrected chi connectivity index (χ0v) is 18.7. The number of hydrogen-bond donors (Lipinski definition) is 1. The fraction of sp³-hybridized carbons (Fsp3) is 0.545. The highest BCUT2D eigenvalue weighted by molar-refractivity contribution is 5.32. The lowest BCUT2D eigenvalue weighted by atomic mass is 10.1. The van der Waals surface area contributed by atoms with Gasteiger partial charge in [0.2, 0.25) is 0 Å². The second kappa shape index (κ2) is 11.6. The predicted molar refractivity (Wildman–Crippen MR) is 122 cm³/mol. The molecule has 174 valence electrons. The van der Waals surface area contributed by atoms with Crippen molar-refractivity contribution in [1.29, 1.82) is 0 Å². The van der Waals surface area contributed by atoms with Crippen molar-refractivity contribution in [3.8, 4) is 11.5 Å². The Hall–Kier alpha value is -2.98. The number of anilines is 1. The molecule has 2 aromatic rings. The molecule has 2 saturated heterocycles. The molecule has 4 rings (SSSR count). The smallest absolute Gasteiger partial charge is 0.363 e. The quantitative estimate of drug-likeness (QED) is 0.548. The summed E-state index contributed by atoms with van der Waals surface area (Å²) in [4.78, 5) is 22.2. The van der Waals surface area contributed by atoms with Crippen LogP contribution in [0.25, 0.3) is 0 Å². The van der Waals surface area contributed by atoms with Crippen molar-refractivity contribution >= 4 is 11.6 Å². The number of rotatable bonds is 5. The first-order valence-corrected chi connectivity index (χ1v) is 10.9. The van der Waals surface area contributed by atoms with E-state index in [0.717, 1.165) is 57.6 Å². The number of ether oxygens (including phenoxy) is 2. The van der Waals surface area contributed by atoms with E-state index in [4.69, 9.17) is 15.2 Å². The molecule has 0 aromatic carbocycles. The summed E-state index contributed by atoms with van der Waals surface area (Å²) in [7, 11) is 4.23. The zero-order chi connectivity index (χ0) is 22.9. The molecular weight excluding hydrogens is 412 g/mol. The molecule has 2 aliphatic heterocycles. The summed E-state index contributed by atoms with van der Waals surface area (Å²) in [5.74, 6) is 1.80. The Bertz CT molecular complexity index is 833. The lowest BCUT2D eigenvalue weighted by Crippen LogP contribution is -2.35. The van der Waals surface area contributed by atoms with Gasteiger partial charge in [0, 0.05) is 32.2 Å². The Morgan fingerprint density at radius 1 is 0.875 bits per heavy atom. The molecule has 0 radical (unpaired) electrons. The maximum absolute atomic E-state index is 10.4. The van der Waals surface area contributed by atoms with Gasteiger partial charge in [0.25, 0.3) is 0 Å². The Balaban J connectivity index is 0.000000182. The molecule has 0 unspecified atom stereocenters. The molecule has 0 atom stereocenters. The van der Waals surface area contributed by atoms with Crippen LogP contribution in [-0.4, -0.2) is 77.2 Å². The van der Waals surface area contributed by atoms with Gasteiger partial charge in [-0.15, -0.1) is 0 Å². The van der Waals surface area contributed by atoms with Gasteiger partial charge in [0.15, 0.2) is 11.9 Å². The second-order valence-corrected chi connectivity index (χ2v) is 8.27. The molecule has 0 aliphatic carbocycles. The van der Waals surface area contributed by atoms with Crippen molar-refractivity contribution in [2.75, 3.05) is 46.0 Å². The Kier molecular flexibility index (Phi) is 8.57. The summed E-state index contributed by atoms with van der Waals surface area (Å²) in [6.45, 7) is 4.25. The van der Waals surface area contributed by atoms with Gasteiger partial charge in [-0.2, -0.15) is 0 Å². The minimum Gasteiger partial charge on any atom is -0.489 e. The van der Waals surface area contributed by atoms with Crippen molar-refractivity contribution < 1.29 is 14.4 Å². The number of nitrogen functional groups attached to an aromatic ring is 1. The normalized spacial score (nSPS) is 18.4. The predicted octanol–water partition coefficient (Wildman–Crippen LogP) is 2.60. The van der Waals surface area contributed by atoms with Crippen LogP contribution in [0.1, 0.15) is 25.7 Å². The van der Waals surface area contributed by atoms with Crippen molar-refractivity contribution in [3.05, 3.63) is 46.8 Å². The fourth-order valence-corrected chi connectivity index (χ4v) is 3.60. The number of nitrogens with zero attached hydrogens (tertiary/aromatic N) is 5. The molecule has 0 amide bonds. The third-order valence-corrected chi connectivity index (χ3v) is 5.60. The first-order chi connectivity index (χ1) is 15.4. The van der Waals surface area contributed by atoms with Gasteiger partial charge >= 0.3 is 5.82 Å². The minimum atomic E-state index is -0.515.